The molecule has 1 unspecified atom stereocenters. The Labute approximate surface area is 124 Å². The van der Waals surface area contributed by atoms with Crippen LogP contribution < -0.4 is 4.74 Å². The van der Waals surface area contributed by atoms with E-state index in [4.69, 9.17) is 16.3 Å². The fourth-order valence-electron chi connectivity index (χ4n) is 2.23. The maximum Gasteiger partial charge on any atom is 0.141 e. The molecule has 1 atom stereocenters. The van der Waals surface area contributed by atoms with Crippen LogP contribution in [0.15, 0.2) is 36.4 Å². The normalized spacial score (nSPS) is 14.9. The van der Waals surface area contributed by atoms with Gasteiger partial charge in [0.15, 0.2) is 0 Å². The molecule has 0 amide bonds. The first-order chi connectivity index (χ1) is 9.15. The number of hydrogen-bond donors (Lipinski definition) is 0. The van der Waals surface area contributed by atoms with Crippen molar-refractivity contribution in [1.29, 1.82) is 0 Å². The van der Waals surface area contributed by atoms with Crippen molar-refractivity contribution in [3.63, 3.8) is 0 Å². The van der Waals surface area contributed by atoms with Crippen LogP contribution in [-0.4, -0.2) is 6.61 Å². The Morgan fingerprint density at radius 3 is 2.68 bits per heavy atom. The number of ether oxygens (including phenoxy) is 1. The van der Waals surface area contributed by atoms with Crippen molar-refractivity contribution in [3.05, 3.63) is 63.9 Å². The molecule has 19 heavy (non-hydrogen) atoms. The molecule has 0 radical (unpaired) electrons. The summed E-state index contributed by atoms with van der Waals surface area (Å²) in [5.41, 5.74) is 3.27. The van der Waals surface area contributed by atoms with Crippen molar-refractivity contribution in [3.8, 4) is 5.75 Å². The number of fused-ring (bicyclic) bond motifs is 1. The number of alkyl halides is 1. The van der Waals surface area contributed by atoms with E-state index in [1.165, 1.54) is 11.6 Å². The van der Waals surface area contributed by atoms with E-state index in [-0.39, 0.29) is 9.85 Å². The average Bonchev–Trinajstić information content (AvgIpc) is 2.88. The van der Waals surface area contributed by atoms with Gasteiger partial charge in [0.25, 0.3) is 0 Å². The summed E-state index contributed by atoms with van der Waals surface area (Å²) < 4.78 is 18.7. The molecule has 0 aliphatic carbocycles. The summed E-state index contributed by atoms with van der Waals surface area (Å²) in [6.45, 7) is 0.744. The molecule has 1 nitrogen and oxygen atoms in total. The van der Waals surface area contributed by atoms with E-state index in [0.717, 1.165) is 29.9 Å². The lowest BCUT2D eigenvalue weighted by molar-refractivity contribution is 0.357. The molecule has 1 aliphatic rings. The Morgan fingerprint density at radius 1 is 1.16 bits per heavy atom. The second-order valence-electron chi connectivity index (χ2n) is 4.50. The van der Waals surface area contributed by atoms with Crippen molar-refractivity contribution in [2.75, 3.05) is 6.61 Å². The van der Waals surface area contributed by atoms with E-state index in [0.29, 0.717) is 0 Å². The highest BCUT2D eigenvalue weighted by atomic mass is 79.9. The van der Waals surface area contributed by atoms with E-state index in [2.05, 4.69) is 22.0 Å². The minimum absolute atomic E-state index is 0.00324. The second-order valence-corrected chi connectivity index (χ2v) is 5.82. The summed E-state index contributed by atoms with van der Waals surface area (Å²) in [4.78, 5) is -0.00324. The third-order valence-corrected chi connectivity index (χ3v) is 4.59. The van der Waals surface area contributed by atoms with E-state index in [9.17, 15) is 4.39 Å². The number of rotatable bonds is 2. The fourth-order valence-corrected chi connectivity index (χ4v) is 2.99. The van der Waals surface area contributed by atoms with Gasteiger partial charge in [-0.25, -0.2) is 4.39 Å². The highest BCUT2D eigenvalue weighted by Gasteiger charge is 2.17. The van der Waals surface area contributed by atoms with Crippen LogP contribution in [0.1, 0.15) is 21.5 Å². The zero-order chi connectivity index (χ0) is 13.4. The first kappa shape index (κ1) is 12.9. The molecule has 98 valence electrons. The summed E-state index contributed by atoms with van der Waals surface area (Å²) in [6.07, 6.45) is 0.938. The number of hydrogen-bond acceptors (Lipinski definition) is 1. The lowest BCUT2D eigenvalue weighted by atomic mass is 10.0. The first-order valence-corrected chi connectivity index (χ1v) is 7.29. The maximum absolute atomic E-state index is 13.2. The van der Waals surface area contributed by atoms with Crippen LogP contribution in [0.25, 0.3) is 0 Å². The van der Waals surface area contributed by atoms with Gasteiger partial charge in [0, 0.05) is 6.42 Å². The standard InChI is InChI=1S/C15H11BrClFO/c16-15(11-1-3-13(18)12(17)8-11)10-2-4-14-9(7-10)5-6-19-14/h1-4,7-8,15H,5-6H2. The van der Waals surface area contributed by atoms with Gasteiger partial charge in [0.05, 0.1) is 16.5 Å². The van der Waals surface area contributed by atoms with Gasteiger partial charge in [-0.1, -0.05) is 45.7 Å². The van der Waals surface area contributed by atoms with Crippen LogP contribution in [-0.2, 0) is 6.42 Å². The summed E-state index contributed by atoms with van der Waals surface area (Å²) >= 11 is 9.46. The van der Waals surface area contributed by atoms with Gasteiger partial charge in [-0.3, -0.25) is 0 Å². The quantitative estimate of drug-likeness (QED) is 0.706. The van der Waals surface area contributed by atoms with E-state index >= 15 is 0 Å². The predicted octanol–water partition coefficient (Wildman–Crippen LogP) is 4.90. The molecule has 0 bridgehead atoms. The van der Waals surface area contributed by atoms with Crippen LogP contribution in [0.3, 0.4) is 0 Å². The SMILES string of the molecule is Fc1ccc(C(Br)c2ccc3c(c2)CCO3)cc1Cl. The number of halogens is 3. The predicted molar refractivity (Wildman–Crippen MR) is 77.8 cm³/mol. The first-order valence-electron chi connectivity index (χ1n) is 6.00. The zero-order valence-electron chi connectivity index (χ0n) is 10.00. The van der Waals surface area contributed by atoms with Crippen LogP contribution in [0.2, 0.25) is 5.02 Å². The molecular weight excluding hydrogens is 331 g/mol. The lowest BCUT2D eigenvalue weighted by Gasteiger charge is -2.12. The Balaban J connectivity index is 1.94. The van der Waals surface area contributed by atoms with Crippen molar-refractivity contribution in [2.45, 2.75) is 11.2 Å². The maximum atomic E-state index is 13.2. The molecule has 0 spiro atoms. The molecule has 0 aromatic heterocycles. The Morgan fingerprint density at radius 2 is 1.89 bits per heavy atom. The molecule has 4 heteroatoms. The van der Waals surface area contributed by atoms with Crippen LogP contribution in [0.4, 0.5) is 4.39 Å². The van der Waals surface area contributed by atoms with Crippen LogP contribution >= 0.6 is 27.5 Å². The Kier molecular flexibility index (Phi) is 3.50. The third-order valence-electron chi connectivity index (χ3n) is 3.24. The molecule has 0 fully saturated rings. The summed E-state index contributed by atoms with van der Waals surface area (Å²) in [5, 5.41) is 0.145. The van der Waals surface area contributed by atoms with Gasteiger partial charge in [-0.05, 0) is 34.9 Å². The molecule has 0 N–H and O–H groups in total. The average molecular weight is 342 g/mol. The van der Waals surface area contributed by atoms with Gasteiger partial charge in [-0.15, -0.1) is 0 Å². The Bertz CT molecular complexity index is 630. The zero-order valence-corrected chi connectivity index (χ0v) is 12.3. The second kappa shape index (κ2) is 5.14. The van der Waals surface area contributed by atoms with Crippen molar-refractivity contribution < 1.29 is 9.13 Å². The lowest BCUT2D eigenvalue weighted by Crippen LogP contribution is -1.94. The van der Waals surface area contributed by atoms with Gasteiger partial charge >= 0.3 is 0 Å². The van der Waals surface area contributed by atoms with E-state index in [1.54, 1.807) is 12.1 Å². The molecule has 0 saturated heterocycles. The summed E-state index contributed by atoms with van der Waals surface area (Å²) in [7, 11) is 0. The van der Waals surface area contributed by atoms with Gasteiger partial charge < -0.3 is 4.74 Å². The van der Waals surface area contributed by atoms with Gasteiger partial charge in [-0.2, -0.15) is 0 Å². The summed E-state index contributed by atoms with van der Waals surface area (Å²) in [5.74, 6) is 0.563. The van der Waals surface area contributed by atoms with E-state index in [1.807, 2.05) is 12.1 Å². The molecular formula is C15H11BrClFO. The van der Waals surface area contributed by atoms with Crippen molar-refractivity contribution in [2.24, 2.45) is 0 Å². The minimum atomic E-state index is -0.396. The third kappa shape index (κ3) is 2.49. The van der Waals surface area contributed by atoms with Gasteiger partial charge in [0.1, 0.15) is 11.6 Å². The van der Waals surface area contributed by atoms with Crippen molar-refractivity contribution in [1.82, 2.24) is 0 Å². The highest BCUT2D eigenvalue weighted by molar-refractivity contribution is 9.09. The minimum Gasteiger partial charge on any atom is -0.493 e. The van der Waals surface area contributed by atoms with Crippen LogP contribution in [0.5, 0.6) is 5.75 Å². The molecule has 0 saturated carbocycles. The smallest absolute Gasteiger partial charge is 0.141 e. The topological polar surface area (TPSA) is 9.23 Å². The highest BCUT2D eigenvalue weighted by Crippen LogP contribution is 2.36. The fraction of sp³-hybridized carbons (Fsp3) is 0.200. The summed E-state index contributed by atoms with van der Waals surface area (Å²) in [6, 6.07) is 10.9. The molecule has 1 heterocycles. The number of benzene rings is 2. The van der Waals surface area contributed by atoms with Gasteiger partial charge in [0.2, 0.25) is 0 Å². The van der Waals surface area contributed by atoms with Crippen LogP contribution in [0, 0.1) is 5.82 Å². The monoisotopic (exact) mass is 340 g/mol. The largest absolute Gasteiger partial charge is 0.493 e. The molecule has 2 aromatic carbocycles. The molecule has 3 rings (SSSR count). The van der Waals surface area contributed by atoms with E-state index < -0.39 is 5.82 Å². The van der Waals surface area contributed by atoms with Crippen molar-refractivity contribution >= 4 is 27.5 Å². The molecule has 1 aliphatic heterocycles. The molecule has 2 aromatic rings. The Hall–Kier alpha value is -1.06.